The second kappa shape index (κ2) is 9.48. The summed E-state index contributed by atoms with van der Waals surface area (Å²) in [6.07, 6.45) is -0.465. The standard InChI is InChI=1S/C25H32FN5O3/c1-25(2,3)17-31-21-9-8-20(27-22(21)28(4)23(31)32)18-6-5-7-19(16-18)29-11-13-30(14-12-29)24(33)34-15-10-26/h5-9,16H,10-15,17H2,1-4H3. The lowest BCUT2D eigenvalue weighted by Gasteiger charge is -2.35. The number of imidazole rings is 1. The van der Waals surface area contributed by atoms with Gasteiger partial charge in [-0.15, -0.1) is 0 Å². The number of aryl methyl sites for hydroxylation is 1. The van der Waals surface area contributed by atoms with Crippen LogP contribution in [-0.2, 0) is 18.3 Å². The molecule has 0 radical (unpaired) electrons. The molecule has 3 aromatic rings. The van der Waals surface area contributed by atoms with Gasteiger partial charge < -0.3 is 14.5 Å². The molecule has 1 amide bonds. The molecule has 1 aliphatic heterocycles. The molecule has 9 heteroatoms. The highest BCUT2D eigenvalue weighted by atomic mass is 19.1. The van der Waals surface area contributed by atoms with Crippen LogP contribution in [0.5, 0.6) is 0 Å². The number of carbonyl (C=O) groups is 1. The Bertz CT molecular complexity index is 1240. The number of amides is 1. The number of aromatic nitrogens is 3. The molecule has 1 aliphatic rings. The first-order valence-electron chi connectivity index (χ1n) is 11.6. The quantitative estimate of drug-likeness (QED) is 0.570. The number of pyridine rings is 1. The van der Waals surface area contributed by atoms with Gasteiger partial charge in [0.1, 0.15) is 13.3 Å². The third-order valence-electron chi connectivity index (χ3n) is 5.96. The fourth-order valence-electron chi connectivity index (χ4n) is 4.29. The first-order chi connectivity index (χ1) is 16.2. The van der Waals surface area contributed by atoms with Crippen molar-refractivity contribution in [2.24, 2.45) is 12.5 Å². The molecule has 0 N–H and O–H groups in total. The summed E-state index contributed by atoms with van der Waals surface area (Å²) in [4.78, 5) is 33.4. The molecular formula is C25H32FN5O3. The molecular weight excluding hydrogens is 437 g/mol. The molecule has 0 atom stereocenters. The fraction of sp³-hybridized carbons (Fsp3) is 0.480. The Morgan fingerprint density at radius 2 is 1.85 bits per heavy atom. The van der Waals surface area contributed by atoms with Crippen LogP contribution in [0.1, 0.15) is 20.8 Å². The molecule has 1 aromatic carbocycles. The minimum Gasteiger partial charge on any atom is -0.447 e. The number of nitrogens with zero attached hydrogens (tertiary/aromatic N) is 5. The predicted octanol–water partition coefficient (Wildman–Crippen LogP) is 3.68. The number of fused-ring (bicyclic) bond motifs is 1. The van der Waals surface area contributed by atoms with Crippen LogP contribution < -0.4 is 10.6 Å². The Morgan fingerprint density at radius 1 is 1.12 bits per heavy atom. The van der Waals surface area contributed by atoms with Crippen molar-refractivity contribution in [1.29, 1.82) is 0 Å². The van der Waals surface area contributed by atoms with Gasteiger partial charge in [-0.05, 0) is 29.7 Å². The van der Waals surface area contributed by atoms with E-state index in [4.69, 9.17) is 9.72 Å². The van der Waals surface area contributed by atoms with Crippen LogP contribution in [0.15, 0.2) is 41.2 Å². The van der Waals surface area contributed by atoms with Crippen LogP contribution >= 0.6 is 0 Å². The molecule has 34 heavy (non-hydrogen) atoms. The molecule has 0 unspecified atom stereocenters. The van der Waals surface area contributed by atoms with E-state index in [0.29, 0.717) is 38.4 Å². The number of hydrogen-bond donors (Lipinski definition) is 0. The molecule has 8 nitrogen and oxygen atoms in total. The highest BCUT2D eigenvalue weighted by Crippen LogP contribution is 2.27. The first-order valence-corrected chi connectivity index (χ1v) is 11.6. The maximum atomic E-state index is 12.8. The summed E-state index contributed by atoms with van der Waals surface area (Å²) >= 11 is 0. The zero-order valence-corrected chi connectivity index (χ0v) is 20.3. The summed E-state index contributed by atoms with van der Waals surface area (Å²) in [5.41, 5.74) is 4.20. The van der Waals surface area contributed by atoms with E-state index in [1.807, 2.05) is 30.3 Å². The van der Waals surface area contributed by atoms with E-state index in [2.05, 4.69) is 31.7 Å². The predicted molar refractivity (Wildman–Crippen MR) is 131 cm³/mol. The SMILES string of the molecule is Cn1c(=O)n(CC(C)(C)C)c2ccc(-c3cccc(N4CCN(C(=O)OCCF)CC4)c3)nc21. The molecule has 182 valence electrons. The normalized spacial score (nSPS) is 14.6. The lowest BCUT2D eigenvalue weighted by molar-refractivity contribution is 0.0943. The third kappa shape index (κ3) is 4.93. The smallest absolute Gasteiger partial charge is 0.409 e. The van der Waals surface area contributed by atoms with E-state index >= 15 is 0 Å². The Labute approximate surface area is 198 Å². The lowest BCUT2D eigenvalue weighted by atomic mass is 9.97. The highest BCUT2D eigenvalue weighted by molar-refractivity contribution is 5.77. The second-order valence-corrected chi connectivity index (χ2v) is 9.86. The molecule has 0 saturated carbocycles. The summed E-state index contributed by atoms with van der Waals surface area (Å²) in [5, 5.41) is 0. The van der Waals surface area contributed by atoms with Gasteiger partial charge in [-0.25, -0.2) is 19.0 Å². The Hall–Kier alpha value is -3.36. The zero-order valence-electron chi connectivity index (χ0n) is 20.3. The Morgan fingerprint density at radius 3 is 2.53 bits per heavy atom. The van der Waals surface area contributed by atoms with Crippen LogP contribution in [-0.4, -0.2) is 64.6 Å². The van der Waals surface area contributed by atoms with Crippen LogP contribution in [0.3, 0.4) is 0 Å². The zero-order chi connectivity index (χ0) is 24.5. The number of piperazine rings is 1. The number of halogens is 1. The topological polar surface area (TPSA) is 72.6 Å². The number of benzene rings is 1. The van der Waals surface area contributed by atoms with Crippen molar-refractivity contribution in [3.8, 4) is 11.3 Å². The van der Waals surface area contributed by atoms with Gasteiger partial charge in [0.25, 0.3) is 0 Å². The highest BCUT2D eigenvalue weighted by Gasteiger charge is 2.23. The summed E-state index contributed by atoms with van der Waals surface area (Å²) in [6, 6.07) is 12.0. The molecule has 3 heterocycles. The van der Waals surface area contributed by atoms with Gasteiger partial charge >= 0.3 is 11.8 Å². The van der Waals surface area contributed by atoms with E-state index < -0.39 is 12.8 Å². The maximum absolute atomic E-state index is 12.8. The Kier molecular flexibility index (Phi) is 6.63. The number of hydrogen-bond acceptors (Lipinski definition) is 5. The van der Waals surface area contributed by atoms with E-state index in [-0.39, 0.29) is 17.7 Å². The Balaban J connectivity index is 1.55. The third-order valence-corrected chi connectivity index (χ3v) is 5.96. The fourth-order valence-corrected chi connectivity index (χ4v) is 4.29. The summed E-state index contributed by atoms with van der Waals surface area (Å²) in [6.45, 7) is 8.42. The summed E-state index contributed by atoms with van der Waals surface area (Å²) in [5.74, 6) is 0. The van der Waals surface area contributed by atoms with Gasteiger partial charge in [0.2, 0.25) is 0 Å². The lowest BCUT2D eigenvalue weighted by Crippen LogP contribution is -2.49. The summed E-state index contributed by atoms with van der Waals surface area (Å²) < 4.78 is 20.5. The number of carbonyl (C=O) groups excluding carboxylic acids is 1. The van der Waals surface area contributed by atoms with Gasteiger partial charge in [0, 0.05) is 51.0 Å². The van der Waals surface area contributed by atoms with Crippen molar-refractivity contribution in [2.45, 2.75) is 27.3 Å². The number of alkyl halides is 1. The second-order valence-electron chi connectivity index (χ2n) is 9.86. The van der Waals surface area contributed by atoms with Crippen molar-refractivity contribution in [3.05, 3.63) is 46.9 Å². The van der Waals surface area contributed by atoms with Crippen molar-refractivity contribution >= 4 is 22.9 Å². The molecule has 1 fully saturated rings. The maximum Gasteiger partial charge on any atom is 0.409 e. The van der Waals surface area contributed by atoms with Gasteiger partial charge in [-0.1, -0.05) is 32.9 Å². The van der Waals surface area contributed by atoms with Crippen LogP contribution in [0, 0.1) is 5.41 Å². The number of anilines is 1. The van der Waals surface area contributed by atoms with E-state index in [1.165, 1.54) is 0 Å². The molecule has 0 spiro atoms. The van der Waals surface area contributed by atoms with E-state index in [0.717, 1.165) is 22.5 Å². The average Bonchev–Trinajstić information content (AvgIpc) is 3.06. The number of ether oxygens (including phenoxy) is 1. The molecule has 0 aliphatic carbocycles. The van der Waals surface area contributed by atoms with Crippen LogP contribution in [0.25, 0.3) is 22.4 Å². The minimum absolute atomic E-state index is 0.0287. The van der Waals surface area contributed by atoms with Crippen LogP contribution in [0.2, 0.25) is 0 Å². The van der Waals surface area contributed by atoms with Crippen molar-refractivity contribution in [1.82, 2.24) is 19.0 Å². The van der Waals surface area contributed by atoms with Gasteiger partial charge in [0.15, 0.2) is 5.65 Å². The van der Waals surface area contributed by atoms with E-state index in [9.17, 15) is 14.0 Å². The molecule has 0 bridgehead atoms. The molecule has 4 rings (SSSR count). The van der Waals surface area contributed by atoms with Crippen molar-refractivity contribution in [3.63, 3.8) is 0 Å². The monoisotopic (exact) mass is 469 g/mol. The van der Waals surface area contributed by atoms with Gasteiger partial charge in [-0.2, -0.15) is 0 Å². The average molecular weight is 470 g/mol. The van der Waals surface area contributed by atoms with Crippen molar-refractivity contribution in [2.75, 3.05) is 44.4 Å². The largest absolute Gasteiger partial charge is 0.447 e. The van der Waals surface area contributed by atoms with E-state index in [1.54, 1.807) is 21.1 Å². The first kappa shape index (κ1) is 23.8. The molecule has 1 saturated heterocycles. The minimum atomic E-state index is -0.673. The van der Waals surface area contributed by atoms with Gasteiger partial charge in [-0.3, -0.25) is 9.13 Å². The van der Waals surface area contributed by atoms with Crippen LogP contribution in [0.4, 0.5) is 14.9 Å². The van der Waals surface area contributed by atoms with Crippen molar-refractivity contribution < 1.29 is 13.9 Å². The number of rotatable bonds is 5. The molecule has 2 aromatic heterocycles. The summed E-state index contributed by atoms with van der Waals surface area (Å²) in [7, 11) is 1.76. The van der Waals surface area contributed by atoms with Gasteiger partial charge in [0.05, 0.1) is 11.2 Å².